The molecule has 0 amide bonds. The van der Waals surface area contributed by atoms with Crippen LogP contribution in [-0.2, 0) is 16.5 Å². The minimum Gasteiger partial charge on any atom is -0.328 e. The van der Waals surface area contributed by atoms with Crippen LogP contribution in [0.5, 0.6) is 0 Å². The number of hydrogen-bond donors (Lipinski definition) is 2. The van der Waals surface area contributed by atoms with Gasteiger partial charge in [0.15, 0.2) is 0 Å². The quantitative estimate of drug-likeness (QED) is 0.367. The number of nitrogens with zero attached hydrogens (tertiary/aromatic N) is 4. The summed E-state index contributed by atoms with van der Waals surface area (Å²) in [6, 6.07) is 16.6. The molecule has 0 bridgehead atoms. The molecule has 0 aliphatic heterocycles. The molecular formula is C16H14N4NiO6. The normalized spacial score (nSPS) is 8.59. The Balaban J connectivity index is 0.000000646. The first-order valence-electron chi connectivity index (χ1n) is 6.97. The van der Waals surface area contributed by atoms with Gasteiger partial charge in [-0.2, -0.15) is 0 Å². The Kier molecular flexibility index (Phi) is 11.0. The first kappa shape index (κ1) is 23.4. The zero-order valence-corrected chi connectivity index (χ0v) is 14.5. The summed E-state index contributed by atoms with van der Waals surface area (Å²) in [4.78, 5) is 24.8. The first-order valence-corrected chi connectivity index (χ1v) is 6.97. The molecule has 0 saturated heterocycles. The Hall–Kier alpha value is -3.59. The van der Waals surface area contributed by atoms with E-state index in [2.05, 4.69) is 34.2 Å². The van der Waals surface area contributed by atoms with E-state index in [0.29, 0.717) is 0 Å². The monoisotopic (exact) mass is 416 g/mol. The van der Waals surface area contributed by atoms with Gasteiger partial charge in [-0.3, -0.25) is 9.97 Å². The van der Waals surface area contributed by atoms with Crippen LogP contribution < -0.4 is 0 Å². The summed E-state index contributed by atoms with van der Waals surface area (Å²) in [5.41, 5.74) is 4.78. The van der Waals surface area contributed by atoms with Gasteiger partial charge in [-0.1, -0.05) is 24.3 Å². The molecule has 1 aromatic carbocycles. The molecule has 3 aromatic rings. The van der Waals surface area contributed by atoms with Crippen LogP contribution >= 0.6 is 0 Å². The van der Waals surface area contributed by atoms with Crippen molar-refractivity contribution in [2.75, 3.05) is 0 Å². The van der Waals surface area contributed by atoms with Crippen LogP contribution in [0.2, 0.25) is 0 Å². The van der Waals surface area contributed by atoms with E-state index in [1.165, 1.54) is 22.3 Å². The molecule has 0 atom stereocenters. The molecule has 0 saturated carbocycles. The minimum atomic E-state index is -1.50. The van der Waals surface area contributed by atoms with E-state index in [-0.39, 0.29) is 16.5 Å². The van der Waals surface area contributed by atoms with Gasteiger partial charge in [-0.25, -0.2) is 0 Å². The fraction of sp³-hybridized carbons (Fsp3) is 0. The second kappa shape index (κ2) is 12.7. The molecule has 11 heteroatoms. The standard InChI is InChI=1S/C16H12N2.2HNO3.Ni/c1-2-14(16-7-11-18-12-8-16)4-3-13(1)15-5-9-17-10-6-15;2*2-1(3)4;/h1-12H;2*(H,2,3,4);. The van der Waals surface area contributed by atoms with E-state index < -0.39 is 10.2 Å². The largest absolute Gasteiger partial charge is 0.328 e. The Morgan fingerprint density at radius 1 is 0.593 bits per heavy atom. The van der Waals surface area contributed by atoms with Gasteiger partial charge in [0.05, 0.1) is 0 Å². The SMILES string of the molecule is O=[N+]([O-])O.O=[N+]([O-])O.[Ni].c1cc(-c2ccc(-c3ccncc3)cc2)ccn1. The number of benzene rings is 1. The molecule has 144 valence electrons. The first-order chi connectivity index (χ1) is 12.4. The topological polar surface area (TPSA) is 153 Å². The number of pyridine rings is 2. The molecule has 0 spiro atoms. The maximum absolute atomic E-state index is 8.36. The summed E-state index contributed by atoms with van der Waals surface area (Å²) in [6.07, 6.45) is 7.25. The van der Waals surface area contributed by atoms with Crippen molar-refractivity contribution >= 4 is 0 Å². The van der Waals surface area contributed by atoms with Crippen molar-refractivity contribution in [1.29, 1.82) is 0 Å². The molecule has 27 heavy (non-hydrogen) atoms. The minimum absolute atomic E-state index is 0. The average molecular weight is 417 g/mol. The average Bonchev–Trinajstić information content (AvgIpc) is 2.62. The Bertz CT molecular complexity index is 741. The van der Waals surface area contributed by atoms with Crippen molar-refractivity contribution in [2.45, 2.75) is 0 Å². The third-order valence-corrected chi connectivity index (χ3v) is 2.91. The predicted molar refractivity (Wildman–Crippen MR) is 90.5 cm³/mol. The summed E-state index contributed by atoms with van der Waals surface area (Å²) in [6.45, 7) is 0. The van der Waals surface area contributed by atoms with E-state index in [1.54, 1.807) is 0 Å². The van der Waals surface area contributed by atoms with Crippen LogP contribution in [-0.4, -0.2) is 30.6 Å². The van der Waals surface area contributed by atoms with Crippen molar-refractivity contribution in [1.82, 2.24) is 9.97 Å². The van der Waals surface area contributed by atoms with Gasteiger partial charge < -0.3 is 10.4 Å². The van der Waals surface area contributed by atoms with Gasteiger partial charge in [0.1, 0.15) is 0 Å². The molecule has 0 aliphatic rings. The van der Waals surface area contributed by atoms with Crippen molar-refractivity contribution in [3.8, 4) is 22.3 Å². The zero-order chi connectivity index (χ0) is 19.4. The molecule has 0 fully saturated rings. The fourth-order valence-electron chi connectivity index (χ4n) is 1.94. The van der Waals surface area contributed by atoms with Crippen molar-refractivity contribution < 1.29 is 37.1 Å². The number of rotatable bonds is 2. The third-order valence-electron chi connectivity index (χ3n) is 2.91. The van der Waals surface area contributed by atoms with Crippen LogP contribution in [0.3, 0.4) is 0 Å². The molecular weight excluding hydrogens is 403 g/mol. The van der Waals surface area contributed by atoms with E-state index in [0.717, 1.165) is 0 Å². The zero-order valence-electron chi connectivity index (χ0n) is 13.6. The summed E-state index contributed by atoms with van der Waals surface area (Å²) in [7, 11) is 0. The Morgan fingerprint density at radius 3 is 1.00 bits per heavy atom. The van der Waals surface area contributed by atoms with Gasteiger partial charge in [0, 0.05) is 41.3 Å². The predicted octanol–water partition coefficient (Wildman–Crippen LogP) is 3.11. The molecule has 10 nitrogen and oxygen atoms in total. The van der Waals surface area contributed by atoms with Crippen LogP contribution in [0.25, 0.3) is 22.3 Å². The van der Waals surface area contributed by atoms with E-state index >= 15 is 0 Å². The second-order valence-electron chi connectivity index (χ2n) is 4.52. The fourth-order valence-corrected chi connectivity index (χ4v) is 1.94. The van der Waals surface area contributed by atoms with E-state index in [4.69, 9.17) is 30.6 Å². The van der Waals surface area contributed by atoms with E-state index in [9.17, 15) is 0 Å². The van der Waals surface area contributed by atoms with Gasteiger partial charge in [-0.15, -0.1) is 20.2 Å². The van der Waals surface area contributed by atoms with Gasteiger partial charge >= 0.3 is 0 Å². The second-order valence-corrected chi connectivity index (χ2v) is 4.52. The Labute approximate surface area is 163 Å². The Morgan fingerprint density at radius 2 is 0.778 bits per heavy atom. The summed E-state index contributed by atoms with van der Waals surface area (Å²) in [5, 5.41) is 27.3. The van der Waals surface area contributed by atoms with Crippen LogP contribution in [0, 0.1) is 20.2 Å². The van der Waals surface area contributed by atoms with Crippen LogP contribution in [0.1, 0.15) is 0 Å². The number of aromatic nitrogens is 2. The molecule has 2 heterocycles. The maximum atomic E-state index is 8.36. The van der Waals surface area contributed by atoms with Crippen LogP contribution in [0.4, 0.5) is 0 Å². The van der Waals surface area contributed by atoms with Gasteiger partial charge in [0.25, 0.3) is 10.2 Å². The molecule has 3 rings (SSSR count). The smallest absolute Gasteiger partial charge is 0.291 e. The van der Waals surface area contributed by atoms with Gasteiger partial charge in [0.2, 0.25) is 0 Å². The van der Waals surface area contributed by atoms with Crippen molar-refractivity contribution in [2.24, 2.45) is 0 Å². The molecule has 0 aliphatic carbocycles. The molecule has 0 radical (unpaired) electrons. The summed E-state index contributed by atoms with van der Waals surface area (Å²) in [5.74, 6) is 0. The third kappa shape index (κ3) is 10.1. The molecule has 2 N–H and O–H groups in total. The molecule has 2 aromatic heterocycles. The summed E-state index contributed by atoms with van der Waals surface area (Å²) < 4.78 is 0. The molecule has 0 unspecified atom stereocenters. The van der Waals surface area contributed by atoms with E-state index in [1.807, 2.05) is 49.1 Å². The van der Waals surface area contributed by atoms with Crippen molar-refractivity contribution in [3.05, 3.63) is 93.5 Å². The maximum Gasteiger partial charge on any atom is 0.291 e. The van der Waals surface area contributed by atoms with Gasteiger partial charge in [-0.05, 0) is 46.5 Å². The van der Waals surface area contributed by atoms with Crippen molar-refractivity contribution in [3.63, 3.8) is 0 Å². The van der Waals surface area contributed by atoms with Crippen LogP contribution in [0.15, 0.2) is 73.3 Å². The number of hydrogen-bond acceptors (Lipinski definition) is 6. The summed E-state index contributed by atoms with van der Waals surface area (Å²) >= 11 is 0.